The lowest BCUT2D eigenvalue weighted by molar-refractivity contribution is -0.123. The third-order valence-electron chi connectivity index (χ3n) is 3.09. The zero-order valence-electron chi connectivity index (χ0n) is 13.4. The van der Waals surface area contributed by atoms with Crippen LogP contribution in [0, 0.1) is 5.92 Å². The molecule has 0 aliphatic carbocycles. The first-order valence-corrected chi connectivity index (χ1v) is 7.43. The summed E-state index contributed by atoms with van der Waals surface area (Å²) in [5.41, 5.74) is 0.683. The zero-order chi connectivity index (χ0) is 16.4. The van der Waals surface area contributed by atoms with Gasteiger partial charge >= 0.3 is 6.03 Å². The molecule has 0 saturated carbocycles. The molecule has 3 amide bonds. The summed E-state index contributed by atoms with van der Waals surface area (Å²) in [7, 11) is 1.62. The normalized spacial score (nSPS) is 11.8. The fraction of sp³-hybridized carbons (Fsp3) is 0.500. The number of carbonyl (C=O) groups excluding carboxylic acids is 2. The molecule has 1 aromatic carbocycles. The van der Waals surface area contributed by atoms with E-state index in [1.807, 2.05) is 32.0 Å². The first-order chi connectivity index (χ1) is 10.5. The molecule has 0 radical (unpaired) electrons. The van der Waals surface area contributed by atoms with Crippen LogP contribution in [0.15, 0.2) is 30.3 Å². The molecule has 6 nitrogen and oxygen atoms in total. The first-order valence-electron chi connectivity index (χ1n) is 7.43. The highest BCUT2D eigenvalue weighted by molar-refractivity contribution is 5.93. The van der Waals surface area contributed by atoms with Crippen molar-refractivity contribution < 1.29 is 14.3 Å². The summed E-state index contributed by atoms with van der Waals surface area (Å²) in [6.07, 6.45) is 0.739. The van der Waals surface area contributed by atoms with Crippen molar-refractivity contribution in [3.8, 4) is 0 Å². The van der Waals surface area contributed by atoms with Crippen molar-refractivity contribution in [2.24, 2.45) is 5.92 Å². The Kier molecular flexibility index (Phi) is 7.99. The number of urea groups is 1. The predicted molar refractivity (Wildman–Crippen MR) is 86.7 cm³/mol. The number of para-hydroxylation sites is 1. The molecule has 0 aliphatic heterocycles. The molecule has 0 spiro atoms. The van der Waals surface area contributed by atoms with Crippen molar-refractivity contribution in [2.75, 3.05) is 25.6 Å². The summed E-state index contributed by atoms with van der Waals surface area (Å²) in [4.78, 5) is 24.1. The summed E-state index contributed by atoms with van der Waals surface area (Å²) in [5, 5.41) is 8.23. The van der Waals surface area contributed by atoms with Gasteiger partial charge < -0.3 is 20.7 Å². The molecule has 0 aromatic heterocycles. The number of amides is 3. The van der Waals surface area contributed by atoms with Gasteiger partial charge in [0.25, 0.3) is 0 Å². The van der Waals surface area contributed by atoms with Gasteiger partial charge in [0.2, 0.25) is 5.91 Å². The van der Waals surface area contributed by atoms with E-state index in [9.17, 15) is 9.59 Å². The van der Waals surface area contributed by atoms with Crippen molar-refractivity contribution in [1.29, 1.82) is 0 Å². The van der Waals surface area contributed by atoms with E-state index in [0.717, 1.165) is 6.42 Å². The molecule has 6 heteroatoms. The molecule has 3 N–H and O–H groups in total. The summed E-state index contributed by atoms with van der Waals surface area (Å²) >= 11 is 0. The summed E-state index contributed by atoms with van der Waals surface area (Å²) in [6.45, 7) is 4.90. The largest absolute Gasteiger partial charge is 0.385 e. The molecule has 0 saturated heterocycles. The van der Waals surface area contributed by atoms with Crippen LogP contribution in [0.3, 0.4) is 0 Å². The van der Waals surface area contributed by atoms with Gasteiger partial charge in [-0.05, 0) is 24.5 Å². The minimum Gasteiger partial charge on any atom is -0.385 e. The van der Waals surface area contributed by atoms with Crippen LogP contribution in [0.4, 0.5) is 10.5 Å². The number of benzene rings is 1. The van der Waals surface area contributed by atoms with Crippen molar-refractivity contribution >= 4 is 17.6 Å². The van der Waals surface area contributed by atoms with Crippen LogP contribution in [-0.2, 0) is 9.53 Å². The second kappa shape index (κ2) is 9.78. The van der Waals surface area contributed by atoms with Crippen LogP contribution < -0.4 is 16.0 Å². The Balaban J connectivity index is 2.49. The number of hydrogen-bond donors (Lipinski definition) is 3. The van der Waals surface area contributed by atoms with Gasteiger partial charge in [-0.1, -0.05) is 32.0 Å². The van der Waals surface area contributed by atoms with Gasteiger partial charge in [0.05, 0.1) is 0 Å². The minimum atomic E-state index is -0.578. The van der Waals surface area contributed by atoms with E-state index in [0.29, 0.717) is 18.8 Å². The molecule has 1 aromatic rings. The molecule has 0 fully saturated rings. The summed E-state index contributed by atoms with van der Waals surface area (Å²) in [6, 6.07) is 8.14. The smallest absolute Gasteiger partial charge is 0.319 e. The average molecular weight is 307 g/mol. The van der Waals surface area contributed by atoms with Crippen molar-refractivity contribution in [2.45, 2.75) is 26.3 Å². The van der Waals surface area contributed by atoms with Gasteiger partial charge in [0, 0.05) is 25.9 Å². The Hall–Kier alpha value is -2.08. The highest BCUT2D eigenvalue weighted by atomic mass is 16.5. The van der Waals surface area contributed by atoms with Crippen molar-refractivity contribution in [3.05, 3.63) is 30.3 Å². The molecular formula is C16H25N3O3. The molecule has 1 rings (SSSR count). The van der Waals surface area contributed by atoms with E-state index in [4.69, 9.17) is 4.74 Å². The Morgan fingerprint density at radius 1 is 1.18 bits per heavy atom. The van der Waals surface area contributed by atoms with Crippen LogP contribution in [0.1, 0.15) is 20.3 Å². The second-order valence-electron chi connectivity index (χ2n) is 5.32. The first kappa shape index (κ1) is 18.0. The quantitative estimate of drug-likeness (QED) is 0.643. The fourth-order valence-corrected chi connectivity index (χ4v) is 1.90. The summed E-state index contributed by atoms with van der Waals surface area (Å²) < 4.78 is 4.93. The molecule has 0 bridgehead atoms. The lowest BCUT2D eigenvalue weighted by atomic mass is 10.0. The van der Waals surface area contributed by atoms with E-state index in [2.05, 4.69) is 16.0 Å². The number of anilines is 1. The van der Waals surface area contributed by atoms with Crippen LogP contribution >= 0.6 is 0 Å². The monoisotopic (exact) mass is 307 g/mol. The second-order valence-corrected chi connectivity index (χ2v) is 5.32. The number of carbonyl (C=O) groups is 2. The minimum absolute atomic E-state index is 0.0102. The maximum absolute atomic E-state index is 12.1. The fourth-order valence-electron chi connectivity index (χ4n) is 1.90. The van der Waals surface area contributed by atoms with Crippen LogP contribution in [0.25, 0.3) is 0 Å². The van der Waals surface area contributed by atoms with Gasteiger partial charge in [-0.3, -0.25) is 4.79 Å². The highest BCUT2D eigenvalue weighted by Gasteiger charge is 2.23. The number of ether oxygens (including phenoxy) is 1. The number of hydrogen-bond acceptors (Lipinski definition) is 3. The summed E-state index contributed by atoms with van der Waals surface area (Å²) in [5.74, 6) is -0.196. The van der Waals surface area contributed by atoms with Gasteiger partial charge in [-0.15, -0.1) is 0 Å². The topological polar surface area (TPSA) is 79.5 Å². The molecule has 1 unspecified atom stereocenters. The third-order valence-corrected chi connectivity index (χ3v) is 3.09. The molecular weight excluding hydrogens is 282 g/mol. The maximum atomic E-state index is 12.1. The molecule has 0 aliphatic rings. The van der Waals surface area contributed by atoms with Gasteiger partial charge in [-0.25, -0.2) is 4.79 Å². The zero-order valence-corrected chi connectivity index (χ0v) is 13.4. The van der Waals surface area contributed by atoms with E-state index < -0.39 is 12.1 Å². The number of methoxy groups -OCH3 is 1. The Bertz CT molecular complexity index is 463. The Morgan fingerprint density at radius 3 is 2.45 bits per heavy atom. The highest BCUT2D eigenvalue weighted by Crippen LogP contribution is 2.06. The van der Waals surface area contributed by atoms with Crippen molar-refractivity contribution in [1.82, 2.24) is 10.6 Å². The van der Waals surface area contributed by atoms with Crippen LogP contribution in [0.2, 0.25) is 0 Å². The molecule has 0 heterocycles. The van der Waals surface area contributed by atoms with Crippen molar-refractivity contribution in [3.63, 3.8) is 0 Å². The number of rotatable bonds is 8. The van der Waals surface area contributed by atoms with E-state index >= 15 is 0 Å². The van der Waals surface area contributed by atoms with E-state index in [1.54, 1.807) is 19.2 Å². The Labute approximate surface area is 131 Å². The standard InChI is InChI=1S/C16H25N3O3/c1-12(2)14(15(20)17-10-7-11-22-3)19-16(21)18-13-8-5-4-6-9-13/h4-6,8-9,12,14H,7,10-11H2,1-3H3,(H,17,20)(H2,18,19,21). The Morgan fingerprint density at radius 2 is 1.86 bits per heavy atom. The molecule has 22 heavy (non-hydrogen) atoms. The SMILES string of the molecule is COCCCNC(=O)C(NC(=O)Nc1ccccc1)C(C)C. The van der Waals surface area contributed by atoms with Gasteiger partial charge in [0.1, 0.15) is 6.04 Å². The average Bonchev–Trinajstić information content (AvgIpc) is 2.49. The van der Waals surface area contributed by atoms with E-state index in [-0.39, 0.29) is 11.8 Å². The maximum Gasteiger partial charge on any atom is 0.319 e. The number of nitrogens with one attached hydrogen (secondary N) is 3. The molecule has 1 atom stereocenters. The van der Waals surface area contributed by atoms with Gasteiger partial charge in [0.15, 0.2) is 0 Å². The lowest BCUT2D eigenvalue weighted by Crippen LogP contribution is -2.51. The molecule has 122 valence electrons. The van der Waals surface area contributed by atoms with Crippen LogP contribution in [-0.4, -0.2) is 38.2 Å². The third kappa shape index (κ3) is 6.58. The van der Waals surface area contributed by atoms with E-state index in [1.165, 1.54) is 0 Å². The lowest BCUT2D eigenvalue weighted by Gasteiger charge is -2.22. The predicted octanol–water partition coefficient (Wildman–Crippen LogP) is 1.99. The van der Waals surface area contributed by atoms with Gasteiger partial charge in [-0.2, -0.15) is 0 Å². The van der Waals surface area contributed by atoms with Crippen LogP contribution in [0.5, 0.6) is 0 Å².